The normalized spacial score (nSPS) is 13.4. The molecule has 152 valence electrons. The Balaban J connectivity index is 1.64. The lowest BCUT2D eigenvalue weighted by atomic mass is 9.82. The predicted octanol–water partition coefficient (Wildman–Crippen LogP) is 7.11. The van der Waals surface area contributed by atoms with E-state index in [-0.39, 0.29) is 5.41 Å². The van der Waals surface area contributed by atoms with E-state index in [0.717, 1.165) is 46.7 Å². The number of benzene rings is 2. The molecule has 0 fully saturated rings. The molecule has 0 bridgehead atoms. The monoisotopic (exact) mass is 404 g/mol. The Morgan fingerprint density at radius 3 is 2.58 bits per heavy atom. The number of furan rings is 1. The van der Waals surface area contributed by atoms with Crippen molar-refractivity contribution in [1.82, 2.24) is 9.97 Å². The first-order valence-electron chi connectivity index (χ1n) is 10.9. The molecule has 1 aliphatic rings. The Labute approximate surface area is 181 Å². The zero-order valence-electron chi connectivity index (χ0n) is 18.1. The van der Waals surface area contributed by atoms with Gasteiger partial charge in [0.05, 0.1) is 5.69 Å². The summed E-state index contributed by atoms with van der Waals surface area (Å²) in [6, 6.07) is 19.3. The molecule has 0 unspecified atom stereocenters. The molecule has 3 heteroatoms. The van der Waals surface area contributed by atoms with E-state index in [2.05, 4.69) is 74.3 Å². The van der Waals surface area contributed by atoms with Gasteiger partial charge in [-0.05, 0) is 64.9 Å². The van der Waals surface area contributed by atoms with Gasteiger partial charge in [0, 0.05) is 34.5 Å². The van der Waals surface area contributed by atoms with Gasteiger partial charge >= 0.3 is 0 Å². The van der Waals surface area contributed by atoms with E-state index in [1.165, 1.54) is 27.3 Å². The van der Waals surface area contributed by atoms with Gasteiger partial charge in [-0.25, -0.2) is 0 Å². The molecule has 5 aromatic rings. The summed E-state index contributed by atoms with van der Waals surface area (Å²) in [4.78, 5) is 9.36. The Bertz CT molecular complexity index is 1470. The number of fused-ring (bicyclic) bond motifs is 6. The quantitative estimate of drug-likeness (QED) is 0.299. The highest BCUT2D eigenvalue weighted by molar-refractivity contribution is 5.99. The van der Waals surface area contributed by atoms with E-state index >= 15 is 0 Å². The lowest BCUT2D eigenvalue weighted by Crippen LogP contribution is -2.12. The molecule has 0 amide bonds. The van der Waals surface area contributed by atoms with Gasteiger partial charge in [0.2, 0.25) is 0 Å². The van der Waals surface area contributed by atoms with Gasteiger partial charge in [-0.1, -0.05) is 45.0 Å². The van der Waals surface area contributed by atoms with E-state index in [4.69, 9.17) is 9.40 Å². The molecule has 1 aliphatic carbocycles. The molecule has 0 spiro atoms. The third-order valence-electron chi connectivity index (χ3n) is 6.40. The SMILES string of the molecule is CC(C)(C)c1cc(-c2nccc3c4c(oc23)-c2cccnc2CC4)cc2ccccc12. The molecule has 0 atom stereocenters. The van der Waals surface area contributed by atoms with Crippen molar-refractivity contribution in [2.24, 2.45) is 0 Å². The van der Waals surface area contributed by atoms with Gasteiger partial charge in [-0.2, -0.15) is 0 Å². The number of rotatable bonds is 1. The first-order valence-corrected chi connectivity index (χ1v) is 10.9. The molecule has 3 aromatic heterocycles. The molecule has 0 saturated heterocycles. The Kier molecular flexibility index (Phi) is 3.85. The van der Waals surface area contributed by atoms with Crippen LogP contribution in [0.4, 0.5) is 0 Å². The number of aryl methyl sites for hydroxylation is 2. The van der Waals surface area contributed by atoms with E-state index in [9.17, 15) is 0 Å². The maximum Gasteiger partial charge on any atom is 0.161 e. The third-order valence-corrected chi connectivity index (χ3v) is 6.40. The van der Waals surface area contributed by atoms with Crippen molar-refractivity contribution >= 4 is 21.7 Å². The van der Waals surface area contributed by atoms with Crippen LogP contribution in [-0.2, 0) is 18.3 Å². The first-order chi connectivity index (χ1) is 15.0. The van der Waals surface area contributed by atoms with Crippen molar-refractivity contribution in [1.29, 1.82) is 0 Å². The standard InChI is InChI=1S/C28H24N2O/c1-28(2,3)23-16-18(15-17-7-4-5-8-19(17)23)25-27-21(12-14-30-25)20-10-11-24-22(26(20)31-27)9-6-13-29-24/h4-9,12-16H,10-11H2,1-3H3. The van der Waals surface area contributed by atoms with Crippen LogP contribution < -0.4 is 0 Å². The molecule has 0 radical (unpaired) electrons. The summed E-state index contributed by atoms with van der Waals surface area (Å²) >= 11 is 0. The predicted molar refractivity (Wildman–Crippen MR) is 126 cm³/mol. The van der Waals surface area contributed by atoms with Crippen molar-refractivity contribution in [3.8, 4) is 22.6 Å². The number of hydrogen-bond acceptors (Lipinski definition) is 3. The van der Waals surface area contributed by atoms with Crippen LogP contribution >= 0.6 is 0 Å². The molecular weight excluding hydrogens is 380 g/mol. The minimum Gasteiger partial charge on any atom is -0.453 e. The molecule has 6 rings (SSSR count). The average Bonchev–Trinajstić information content (AvgIpc) is 3.17. The van der Waals surface area contributed by atoms with E-state index in [1.54, 1.807) is 0 Å². The zero-order valence-corrected chi connectivity index (χ0v) is 18.1. The van der Waals surface area contributed by atoms with E-state index in [0.29, 0.717) is 0 Å². The zero-order chi connectivity index (χ0) is 21.2. The summed E-state index contributed by atoms with van der Waals surface area (Å²) in [5, 5.41) is 3.69. The molecule has 31 heavy (non-hydrogen) atoms. The van der Waals surface area contributed by atoms with Crippen molar-refractivity contribution in [3.63, 3.8) is 0 Å². The van der Waals surface area contributed by atoms with Gasteiger partial charge in [0.1, 0.15) is 11.5 Å². The summed E-state index contributed by atoms with van der Waals surface area (Å²) in [6.07, 6.45) is 5.67. The summed E-state index contributed by atoms with van der Waals surface area (Å²) in [6.45, 7) is 6.80. The van der Waals surface area contributed by atoms with Crippen LogP contribution in [0.5, 0.6) is 0 Å². The highest BCUT2D eigenvalue weighted by Crippen LogP contribution is 2.43. The lowest BCUT2D eigenvalue weighted by Gasteiger charge is -2.22. The average molecular weight is 405 g/mol. The fourth-order valence-corrected chi connectivity index (χ4v) is 4.90. The fraction of sp³-hybridized carbons (Fsp3) is 0.214. The molecule has 0 aliphatic heterocycles. The van der Waals surface area contributed by atoms with Crippen molar-refractivity contribution in [2.45, 2.75) is 39.0 Å². The molecule has 3 heterocycles. The second-order valence-electron chi connectivity index (χ2n) is 9.44. The summed E-state index contributed by atoms with van der Waals surface area (Å²) in [5.74, 6) is 0.954. The number of nitrogens with zero attached hydrogens (tertiary/aromatic N) is 2. The second kappa shape index (κ2) is 6.52. The summed E-state index contributed by atoms with van der Waals surface area (Å²) in [5.41, 5.74) is 7.74. The topological polar surface area (TPSA) is 38.9 Å². The third kappa shape index (κ3) is 2.80. The maximum atomic E-state index is 6.54. The van der Waals surface area contributed by atoms with Crippen LogP contribution in [0.25, 0.3) is 44.3 Å². The van der Waals surface area contributed by atoms with Crippen molar-refractivity contribution in [3.05, 3.63) is 83.8 Å². The van der Waals surface area contributed by atoms with Gasteiger partial charge in [0.25, 0.3) is 0 Å². The van der Waals surface area contributed by atoms with Crippen LogP contribution in [0, 0.1) is 0 Å². The number of hydrogen-bond donors (Lipinski definition) is 0. The first kappa shape index (κ1) is 18.3. The fourth-order valence-electron chi connectivity index (χ4n) is 4.90. The molecule has 3 nitrogen and oxygen atoms in total. The van der Waals surface area contributed by atoms with Gasteiger partial charge in [-0.3, -0.25) is 9.97 Å². The van der Waals surface area contributed by atoms with E-state index < -0.39 is 0 Å². The largest absolute Gasteiger partial charge is 0.453 e. The minimum atomic E-state index is 0.0243. The van der Waals surface area contributed by atoms with Crippen LogP contribution in [0.1, 0.15) is 37.6 Å². The Morgan fingerprint density at radius 1 is 0.839 bits per heavy atom. The number of pyridine rings is 2. The highest BCUT2D eigenvalue weighted by Gasteiger charge is 2.26. The smallest absolute Gasteiger partial charge is 0.161 e. The van der Waals surface area contributed by atoms with Crippen LogP contribution in [0.15, 0.2) is 71.4 Å². The van der Waals surface area contributed by atoms with Crippen molar-refractivity contribution < 1.29 is 4.42 Å². The highest BCUT2D eigenvalue weighted by atomic mass is 16.3. The summed E-state index contributed by atoms with van der Waals surface area (Å²) in [7, 11) is 0. The number of aromatic nitrogens is 2. The van der Waals surface area contributed by atoms with Crippen molar-refractivity contribution in [2.75, 3.05) is 0 Å². The Morgan fingerprint density at radius 2 is 1.71 bits per heavy atom. The summed E-state index contributed by atoms with van der Waals surface area (Å²) < 4.78 is 6.54. The van der Waals surface area contributed by atoms with Crippen LogP contribution in [0.2, 0.25) is 0 Å². The van der Waals surface area contributed by atoms with Gasteiger partial charge in [-0.15, -0.1) is 0 Å². The van der Waals surface area contributed by atoms with Gasteiger partial charge in [0.15, 0.2) is 5.58 Å². The molecular formula is C28H24N2O. The van der Waals surface area contributed by atoms with Gasteiger partial charge < -0.3 is 4.42 Å². The maximum absolute atomic E-state index is 6.54. The van der Waals surface area contributed by atoms with Crippen LogP contribution in [-0.4, -0.2) is 9.97 Å². The molecule has 0 N–H and O–H groups in total. The Hall–Kier alpha value is -3.46. The second-order valence-corrected chi connectivity index (χ2v) is 9.44. The lowest BCUT2D eigenvalue weighted by molar-refractivity contribution is 0.596. The van der Waals surface area contributed by atoms with Crippen LogP contribution in [0.3, 0.4) is 0 Å². The minimum absolute atomic E-state index is 0.0243. The van der Waals surface area contributed by atoms with E-state index in [1.807, 2.05) is 18.5 Å². The molecule has 0 saturated carbocycles. The molecule has 2 aromatic carbocycles.